The van der Waals surface area contributed by atoms with Gasteiger partial charge in [0.25, 0.3) is 5.91 Å². The Hall–Kier alpha value is -2.69. The third-order valence-electron chi connectivity index (χ3n) is 3.09. The molecule has 0 radical (unpaired) electrons. The highest BCUT2D eigenvalue weighted by Crippen LogP contribution is 2.15. The second kappa shape index (κ2) is 5.13. The lowest BCUT2D eigenvalue weighted by Gasteiger charge is -2.05. The van der Waals surface area contributed by atoms with E-state index in [2.05, 4.69) is 15.3 Å². The lowest BCUT2D eigenvalue weighted by atomic mass is 10.2. The highest BCUT2D eigenvalue weighted by Gasteiger charge is 2.11. The number of pyridine rings is 1. The number of nitrogens with one attached hydrogen (secondary N) is 2. The molecule has 3 rings (SSSR count). The van der Waals surface area contributed by atoms with Crippen molar-refractivity contribution >= 4 is 16.9 Å². The van der Waals surface area contributed by atoms with Crippen molar-refractivity contribution in [2.75, 3.05) is 0 Å². The Labute approximate surface area is 114 Å². The first-order valence-corrected chi connectivity index (χ1v) is 6.19. The summed E-state index contributed by atoms with van der Waals surface area (Å²) in [6.07, 6.45) is 3.49. The zero-order chi connectivity index (χ0) is 13.9. The average Bonchev–Trinajstić information content (AvgIpc) is 2.88. The second-order valence-electron chi connectivity index (χ2n) is 4.38. The van der Waals surface area contributed by atoms with Gasteiger partial charge in [0, 0.05) is 24.3 Å². The van der Waals surface area contributed by atoms with Crippen LogP contribution in [0, 0.1) is 5.82 Å². The largest absolute Gasteiger partial charge is 0.348 e. The van der Waals surface area contributed by atoms with Crippen LogP contribution in [0.3, 0.4) is 0 Å². The lowest BCUT2D eigenvalue weighted by Crippen LogP contribution is -2.23. The summed E-state index contributed by atoms with van der Waals surface area (Å²) in [6.45, 7) is 0.318. The van der Waals surface area contributed by atoms with Crippen LogP contribution in [0.4, 0.5) is 4.39 Å². The molecule has 2 N–H and O–H groups in total. The number of aromatic amines is 1. The van der Waals surface area contributed by atoms with E-state index in [0.29, 0.717) is 6.54 Å². The van der Waals surface area contributed by atoms with E-state index in [9.17, 15) is 9.18 Å². The van der Waals surface area contributed by atoms with Crippen molar-refractivity contribution in [2.45, 2.75) is 6.54 Å². The number of benzene rings is 1. The van der Waals surface area contributed by atoms with Crippen LogP contribution < -0.4 is 5.32 Å². The number of nitrogens with zero attached hydrogens (tertiary/aromatic N) is 1. The number of halogens is 1. The Kier molecular flexibility index (Phi) is 3.16. The average molecular weight is 269 g/mol. The second-order valence-corrected chi connectivity index (χ2v) is 4.38. The molecular weight excluding hydrogens is 257 g/mol. The molecule has 5 heteroatoms. The number of H-pyrrole nitrogens is 1. The minimum Gasteiger partial charge on any atom is -0.348 e. The number of fused-ring (bicyclic) bond motifs is 1. The third-order valence-corrected chi connectivity index (χ3v) is 3.09. The van der Waals surface area contributed by atoms with Gasteiger partial charge >= 0.3 is 0 Å². The van der Waals surface area contributed by atoms with Gasteiger partial charge in [-0.25, -0.2) is 9.37 Å². The number of carbonyl (C=O) groups is 1. The normalized spacial score (nSPS) is 10.7. The van der Waals surface area contributed by atoms with Crippen LogP contribution in [0.5, 0.6) is 0 Å². The van der Waals surface area contributed by atoms with Crippen molar-refractivity contribution in [1.29, 1.82) is 0 Å². The Balaban J connectivity index is 1.77. The van der Waals surface area contributed by atoms with Gasteiger partial charge in [0.1, 0.15) is 11.5 Å². The molecular formula is C15H12FN3O. The van der Waals surface area contributed by atoms with Crippen LogP contribution in [0.2, 0.25) is 0 Å². The van der Waals surface area contributed by atoms with Crippen molar-refractivity contribution < 1.29 is 9.18 Å². The van der Waals surface area contributed by atoms with Crippen LogP contribution in [0.1, 0.15) is 15.9 Å². The van der Waals surface area contributed by atoms with E-state index < -0.39 is 11.7 Å². The van der Waals surface area contributed by atoms with Gasteiger partial charge in [-0.15, -0.1) is 0 Å². The van der Waals surface area contributed by atoms with Gasteiger partial charge in [-0.1, -0.05) is 12.1 Å². The number of carbonyl (C=O) groups excluding carboxylic acids is 1. The molecule has 2 aromatic heterocycles. The van der Waals surface area contributed by atoms with Gasteiger partial charge in [-0.05, 0) is 29.8 Å². The van der Waals surface area contributed by atoms with Gasteiger partial charge in [-0.2, -0.15) is 0 Å². The molecule has 2 heterocycles. The SMILES string of the molecule is O=C(NCc1c[nH]c2ncccc12)c1ccccc1F. The van der Waals surface area contributed by atoms with Crippen molar-refractivity contribution in [3.05, 3.63) is 65.7 Å². The number of amides is 1. The molecule has 0 fully saturated rings. The molecule has 0 spiro atoms. The van der Waals surface area contributed by atoms with E-state index in [-0.39, 0.29) is 5.56 Å². The molecule has 0 saturated carbocycles. The lowest BCUT2D eigenvalue weighted by molar-refractivity contribution is 0.0947. The summed E-state index contributed by atoms with van der Waals surface area (Å²) in [4.78, 5) is 19.1. The zero-order valence-electron chi connectivity index (χ0n) is 10.6. The first kappa shape index (κ1) is 12.3. The molecule has 0 bridgehead atoms. The summed E-state index contributed by atoms with van der Waals surface area (Å²) in [7, 11) is 0. The summed E-state index contributed by atoms with van der Waals surface area (Å²) in [5.74, 6) is -0.952. The Bertz CT molecular complexity index is 766. The Morgan fingerprint density at radius 3 is 2.95 bits per heavy atom. The Morgan fingerprint density at radius 1 is 1.25 bits per heavy atom. The first-order chi connectivity index (χ1) is 9.75. The fourth-order valence-corrected chi connectivity index (χ4v) is 2.08. The summed E-state index contributed by atoms with van der Waals surface area (Å²) in [6, 6.07) is 9.67. The smallest absolute Gasteiger partial charge is 0.254 e. The fraction of sp³-hybridized carbons (Fsp3) is 0.0667. The van der Waals surface area contributed by atoms with Crippen LogP contribution in [-0.2, 0) is 6.54 Å². The molecule has 1 aromatic carbocycles. The molecule has 0 atom stereocenters. The van der Waals surface area contributed by atoms with E-state index in [1.54, 1.807) is 24.5 Å². The number of rotatable bonds is 3. The number of hydrogen-bond acceptors (Lipinski definition) is 2. The molecule has 0 unspecified atom stereocenters. The molecule has 3 aromatic rings. The minimum absolute atomic E-state index is 0.0467. The van der Waals surface area contributed by atoms with E-state index in [1.165, 1.54) is 12.1 Å². The van der Waals surface area contributed by atoms with Gasteiger partial charge in [0.15, 0.2) is 0 Å². The van der Waals surface area contributed by atoms with Crippen molar-refractivity contribution in [1.82, 2.24) is 15.3 Å². The van der Waals surface area contributed by atoms with E-state index >= 15 is 0 Å². The first-order valence-electron chi connectivity index (χ1n) is 6.19. The quantitative estimate of drug-likeness (QED) is 0.768. The molecule has 100 valence electrons. The predicted octanol–water partition coefficient (Wildman–Crippen LogP) is 2.63. The van der Waals surface area contributed by atoms with E-state index in [1.807, 2.05) is 12.1 Å². The van der Waals surface area contributed by atoms with Gasteiger partial charge in [0.2, 0.25) is 0 Å². The van der Waals surface area contributed by atoms with Crippen molar-refractivity contribution in [3.8, 4) is 0 Å². The minimum atomic E-state index is -0.523. The highest BCUT2D eigenvalue weighted by molar-refractivity contribution is 5.94. The maximum Gasteiger partial charge on any atom is 0.254 e. The molecule has 20 heavy (non-hydrogen) atoms. The summed E-state index contributed by atoms with van der Waals surface area (Å²) in [5.41, 5.74) is 1.73. The van der Waals surface area contributed by atoms with E-state index in [0.717, 1.165) is 16.6 Å². The van der Waals surface area contributed by atoms with Crippen LogP contribution >= 0.6 is 0 Å². The maximum atomic E-state index is 13.5. The molecule has 4 nitrogen and oxygen atoms in total. The summed E-state index contributed by atoms with van der Waals surface area (Å²) >= 11 is 0. The summed E-state index contributed by atoms with van der Waals surface area (Å²) in [5, 5.41) is 3.65. The van der Waals surface area contributed by atoms with Crippen molar-refractivity contribution in [2.24, 2.45) is 0 Å². The van der Waals surface area contributed by atoms with Gasteiger partial charge < -0.3 is 10.3 Å². The molecule has 0 saturated heterocycles. The van der Waals surface area contributed by atoms with Gasteiger partial charge in [-0.3, -0.25) is 4.79 Å². The topological polar surface area (TPSA) is 57.8 Å². The fourth-order valence-electron chi connectivity index (χ4n) is 2.08. The third kappa shape index (κ3) is 2.25. The van der Waals surface area contributed by atoms with E-state index in [4.69, 9.17) is 0 Å². The van der Waals surface area contributed by atoms with Crippen LogP contribution in [-0.4, -0.2) is 15.9 Å². The Morgan fingerprint density at radius 2 is 2.10 bits per heavy atom. The number of hydrogen-bond donors (Lipinski definition) is 2. The van der Waals surface area contributed by atoms with Crippen LogP contribution in [0.25, 0.3) is 11.0 Å². The van der Waals surface area contributed by atoms with Gasteiger partial charge in [0.05, 0.1) is 5.56 Å². The highest BCUT2D eigenvalue weighted by atomic mass is 19.1. The molecule has 0 aliphatic heterocycles. The van der Waals surface area contributed by atoms with Crippen LogP contribution in [0.15, 0.2) is 48.8 Å². The maximum absolute atomic E-state index is 13.5. The molecule has 1 amide bonds. The monoisotopic (exact) mass is 269 g/mol. The number of aromatic nitrogens is 2. The zero-order valence-corrected chi connectivity index (χ0v) is 10.6. The molecule has 0 aliphatic rings. The summed E-state index contributed by atoms with van der Waals surface area (Å²) < 4.78 is 13.5. The molecule has 0 aliphatic carbocycles. The predicted molar refractivity (Wildman–Crippen MR) is 73.7 cm³/mol. The standard InChI is InChI=1S/C15H12FN3O/c16-13-6-2-1-4-12(13)15(20)19-9-10-8-18-14-11(10)5-3-7-17-14/h1-8H,9H2,(H,17,18)(H,19,20). The van der Waals surface area contributed by atoms with Crippen molar-refractivity contribution in [3.63, 3.8) is 0 Å².